The Balaban J connectivity index is 1.65. The van der Waals surface area contributed by atoms with E-state index in [4.69, 9.17) is 4.74 Å². The zero-order valence-corrected chi connectivity index (χ0v) is 17.9. The van der Waals surface area contributed by atoms with Gasteiger partial charge in [-0.05, 0) is 48.4 Å². The number of nitrogens with one attached hydrogen (secondary N) is 1. The standard InChI is InChI=1S/C23H24N2O4S/c1-17(29-21-14-12-19(13-15-21)18-8-5-4-6-9-18)23(26)24-20-10-7-11-22(16-20)30(27,28)25(2)3/h4-17H,1-3H3,(H,24,26). The van der Waals surface area contributed by atoms with Gasteiger partial charge in [0.2, 0.25) is 10.0 Å². The van der Waals surface area contributed by atoms with Crippen molar-refractivity contribution in [3.05, 3.63) is 78.9 Å². The first kappa shape index (κ1) is 21.5. The molecule has 0 aliphatic carbocycles. The molecule has 0 aliphatic rings. The molecule has 1 unspecified atom stereocenters. The van der Waals surface area contributed by atoms with Crippen molar-refractivity contribution >= 4 is 21.6 Å². The minimum atomic E-state index is -3.58. The van der Waals surface area contributed by atoms with Gasteiger partial charge in [0, 0.05) is 19.8 Å². The Labute approximate surface area is 177 Å². The average molecular weight is 425 g/mol. The molecule has 3 aromatic carbocycles. The fourth-order valence-electron chi connectivity index (χ4n) is 2.80. The van der Waals surface area contributed by atoms with E-state index >= 15 is 0 Å². The lowest BCUT2D eigenvalue weighted by atomic mass is 10.1. The van der Waals surface area contributed by atoms with Crippen LogP contribution in [0.1, 0.15) is 6.92 Å². The summed E-state index contributed by atoms with van der Waals surface area (Å²) >= 11 is 0. The summed E-state index contributed by atoms with van der Waals surface area (Å²) < 4.78 is 31.4. The summed E-state index contributed by atoms with van der Waals surface area (Å²) in [6.45, 7) is 1.64. The fourth-order valence-corrected chi connectivity index (χ4v) is 3.75. The van der Waals surface area contributed by atoms with E-state index in [0.29, 0.717) is 11.4 Å². The van der Waals surface area contributed by atoms with Crippen molar-refractivity contribution in [1.29, 1.82) is 0 Å². The number of rotatable bonds is 7. The van der Waals surface area contributed by atoms with Gasteiger partial charge in [0.25, 0.3) is 5.91 Å². The molecule has 0 saturated heterocycles. The van der Waals surface area contributed by atoms with Crippen molar-refractivity contribution in [1.82, 2.24) is 4.31 Å². The van der Waals surface area contributed by atoms with Crippen molar-refractivity contribution < 1.29 is 17.9 Å². The largest absolute Gasteiger partial charge is 0.481 e. The molecule has 0 heterocycles. The number of nitrogens with zero attached hydrogens (tertiary/aromatic N) is 1. The second kappa shape index (κ2) is 9.11. The molecule has 0 aliphatic heterocycles. The summed E-state index contributed by atoms with van der Waals surface area (Å²) in [4.78, 5) is 12.6. The molecule has 0 aromatic heterocycles. The van der Waals surface area contributed by atoms with Crippen molar-refractivity contribution in [3.63, 3.8) is 0 Å². The lowest BCUT2D eigenvalue weighted by Gasteiger charge is -2.16. The predicted octanol–water partition coefficient (Wildman–Crippen LogP) is 4.01. The first-order valence-corrected chi connectivity index (χ1v) is 10.9. The highest BCUT2D eigenvalue weighted by molar-refractivity contribution is 7.89. The minimum Gasteiger partial charge on any atom is -0.481 e. The molecule has 1 N–H and O–H groups in total. The Hall–Kier alpha value is -3.16. The zero-order valence-electron chi connectivity index (χ0n) is 17.1. The van der Waals surface area contributed by atoms with Gasteiger partial charge in [-0.15, -0.1) is 0 Å². The molecule has 0 bridgehead atoms. The predicted molar refractivity (Wildman–Crippen MR) is 118 cm³/mol. The number of anilines is 1. The Morgan fingerprint density at radius 3 is 2.17 bits per heavy atom. The van der Waals surface area contributed by atoms with Crippen LogP contribution >= 0.6 is 0 Å². The van der Waals surface area contributed by atoms with E-state index in [9.17, 15) is 13.2 Å². The Bertz CT molecular complexity index is 1110. The third-order valence-electron chi connectivity index (χ3n) is 4.52. The molecule has 7 heteroatoms. The second-order valence-electron chi connectivity index (χ2n) is 6.95. The number of sulfonamides is 1. The number of ether oxygens (including phenoxy) is 1. The van der Waals surface area contributed by atoms with E-state index in [1.807, 2.05) is 54.6 Å². The van der Waals surface area contributed by atoms with E-state index in [2.05, 4.69) is 5.32 Å². The molecule has 6 nitrogen and oxygen atoms in total. The maximum absolute atomic E-state index is 12.5. The van der Waals surface area contributed by atoms with Crippen LogP contribution in [0.5, 0.6) is 5.75 Å². The maximum atomic E-state index is 12.5. The number of benzene rings is 3. The van der Waals surface area contributed by atoms with E-state index in [1.54, 1.807) is 19.1 Å². The maximum Gasteiger partial charge on any atom is 0.265 e. The summed E-state index contributed by atoms with van der Waals surface area (Å²) in [5, 5.41) is 2.70. The SMILES string of the molecule is CC(Oc1ccc(-c2ccccc2)cc1)C(=O)Nc1cccc(S(=O)(=O)N(C)C)c1. The first-order chi connectivity index (χ1) is 14.3. The summed E-state index contributed by atoms with van der Waals surface area (Å²) in [6, 6.07) is 23.6. The Morgan fingerprint density at radius 2 is 1.53 bits per heavy atom. The number of hydrogen-bond acceptors (Lipinski definition) is 4. The van der Waals surface area contributed by atoms with Crippen LogP contribution in [0.2, 0.25) is 0 Å². The third kappa shape index (κ3) is 5.06. The van der Waals surface area contributed by atoms with Crippen LogP contribution in [0.15, 0.2) is 83.8 Å². The van der Waals surface area contributed by atoms with Gasteiger partial charge < -0.3 is 10.1 Å². The Kier molecular flexibility index (Phi) is 6.54. The van der Waals surface area contributed by atoms with Gasteiger partial charge in [0.05, 0.1) is 4.90 Å². The summed E-state index contributed by atoms with van der Waals surface area (Å²) in [7, 11) is -0.664. The molecule has 3 rings (SSSR count). The van der Waals surface area contributed by atoms with Gasteiger partial charge in [0.15, 0.2) is 6.10 Å². The second-order valence-corrected chi connectivity index (χ2v) is 9.11. The molecule has 1 atom stereocenters. The first-order valence-electron chi connectivity index (χ1n) is 9.43. The molecular formula is C23H24N2O4S. The molecule has 0 spiro atoms. The van der Waals surface area contributed by atoms with Crippen LogP contribution in [0.3, 0.4) is 0 Å². The quantitative estimate of drug-likeness (QED) is 0.622. The molecule has 0 radical (unpaired) electrons. The molecule has 0 fully saturated rings. The van der Waals surface area contributed by atoms with Gasteiger partial charge >= 0.3 is 0 Å². The number of carbonyl (C=O) groups is 1. The summed E-state index contributed by atoms with van der Waals surface area (Å²) in [5.41, 5.74) is 2.54. The molecule has 0 saturated carbocycles. The van der Waals surface area contributed by atoms with Crippen molar-refractivity contribution in [2.24, 2.45) is 0 Å². The van der Waals surface area contributed by atoms with Crippen molar-refractivity contribution in [2.45, 2.75) is 17.9 Å². The van der Waals surface area contributed by atoms with Gasteiger partial charge in [0.1, 0.15) is 5.75 Å². The van der Waals surface area contributed by atoms with Crippen LogP contribution in [-0.2, 0) is 14.8 Å². The van der Waals surface area contributed by atoms with Crippen molar-refractivity contribution in [3.8, 4) is 16.9 Å². The molecule has 30 heavy (non-hydrogen) atoms. The van der Waals surface area contributed by atoms with Crippen LogP contribution < -0.4 is 10.1 Å². The van der Waals surface area contributed by atoms with Crippen LogP contribution in [-0.4, -0.2) is 38.8 Å². The lowest BCUT2D eigenvalue weighted by Crippen LogP contribution is -2.30. The third-order valence-corrected chi connectivity index (χ3v) is 6.33. The van der Waals surface area contributed by atoms with E-state index in [0.717, 1.165) is 15.4 Å². The highest BCUT2D eigenvalue weighted by Crippen LogP contribution is 2.23. The summed E-state index contributed by atoms with van der Waals surface area (Å²) in [6.07, 6.45) is -0.762. The normalized spacial score (nSPS) is 12.4. The van der Waals surface area contributed by atoms with E-state index < -0.39 is 16.1 Å². The smallest absolute Gasteiger partial charge is 0.265 e. The highest BCUT2D eigenvalue weighted by atomic mass is 32.2. The highest BCUT2D eigenvalue weighted by Gasteiger charge is 2.19. The Morgan fingerprint density at radius 1 is 0.900 bits per heavy atom. The van der Waals surface area contributed by atoms with Crippen molar-refractivity contribution in [2.75, 3.05) is 19.4 Å². The molecular weight excluding hydrogens is 400 g/mol. The number of hydrogen-bond donors (Lipinski definition) is 1. The van der Waals surface area contributed by atoms with E-state index in [1.165, 1.54) is 26.2 Å². The molecule has 3 aromatic rings. The average Bonchev–Trinajstić information content (AvgIpc) is 2.75. The lowest BCUT2D eigenvalue weighted by molar-refractivity contribution is -0.122. The van der Waals surface area contributed by atoms with Gasteiger partial charge in [-0.2, -0.15) is 0 Å². The fraction of sp³-hybridized carbons (Fsp3) is 0.174. The van der Waals surface area contributed by atoms with Gasteiger partial charge in [-0.1, -0.05) is 48.5 Å². The van der Waals surface area contributed by atoms with Gasteiger partial charge in [-0.25, -0.2) is 12.7 Å². The van der Waals surface area contributed by atoms with Crippen LogP contribution in [0.25, 0.3) is 11.1 Å². The summed E-state index contributed by atoms with van der Waals surface area (Å²) in [5.74, 6) is 0.197. The topological polar surface area (TPSA) is 75.7 Å². The number of carbonyl (C=O) groups excluding carboxylic acids is 1. The minimum absolute atomic E-state index is 0.107. The van der Waals surface area contributed by atoms with E-state index in [-0.39, 0.29) is 10.8 Å². The number of amides is 1. The van der Waals surface area contributed by atoms with Gasteiger partial charge in [-0.3, -0.25) is 4.79 Å². The molecule has 1 amide bonds. The molecule has 156 valence electrons. The monoisotopic (exact) mass is 424 g/mol. The van der Waals surface area contributed by atoms with Crippen LogP contribution in [0, 0.1) is 0 Å². The zero-order chi connectivity index (χ0) is 21.7. The van der Waals surface area contributed by atoms with Crippen LogP contribution in [0.4, 0.5) is 5.69 Å².